The van der Waals surface area contributed by atoms with E-state index in [0.717, 1.165) is 75.5 Å². The number of esters is 2. The fraction of sp³-hybridized carbons (Fsp3) is 0.618. The third-order valence-corrected chi connectivity index (χ3v) is 16.1. The summed E-state index contributed by atoms with van der Waals surface area (Å²) in [5.74, 6) is 0.103. The first-order valence-corrected chi connectivity index (χ1v) is 25.0. The molecule has 2 fully saturated rings. The molecule has 354 valence electrons. The van der Waals surface area contributed by atoms with Gasteiger partial charge in [0.25, 0.3) is 0 Å². The van der Waals surface area contributed by atoms with Gasteiger partial charge in [0.05, 0.1) is 18.0 Å². The Morgan fingerprint density at radius 1 is 0.938 bits per heavy atom. The topological polar surface area (TPSA) is 147 Å². The number of allylic oxidation sites excluding steroid dienone is 2. The minimum atomic E-state index is -1.09. The number of carbonyl (C=O) groups excluding carboxylic acids is 3. The van der Waals surface area contributed by atoms with E-state index in [1.54, 1.807) is 0 Å². The number of aromatic nitrogens is 2. The standard InChI is InChI=1S/C55H79N5O5/c1-13-38-35(8)41-28-42-36(9)39(24-25-46(61)65-27-26-34(7)23-17-22-33(6)21-16-20-32(5)19-15-18-31(3)4)50(57-42)48-49(53(63)64-12)52(62)47-37(10)43(58-51(47)48)29-44-40(14-2)54(11)55(59-44,60-54)30-45(38)56-41/h13,26,28-33,36,39,42,49-50,56-60H,1,14-25,27H2,2-12H3/b34-26+,41-28-,43-29-,45-30-/t32-,33-,36+,39+,42?,49-,50?,54-,55-/m1/s1. The van der Waals surface area contributed by atoms with Crippen LogP contribution in [0.4, 0.5) is 0 Å². The fourth-order valence-corrected chi connectivity index (χ4v) is 11.9. The molecule has 10 nitrogen and oxygen atoms in total. The molecule has 6 heterocycles. The van der Waals surface area contributed by atoms with Crippen molar-refractivity contribution in [3.05, 3.63) is 73.1 Å². The molecule has 65 heavy (non-hydrogen) atoms. The van der Waals surface area contributed by atoms with Crippen LogP contribution in [-0.2, 0) is 19.1 Å². The lowest BCUT2D eigenvalue weighted by atomic mass is 9.79. The molecule has 2 unspecified atom stereocenters. The SMILES string of the molecule is C=Cc1c(C)/c2[nH]/c1=C\[C@]13NC(=C(CC)[C@@]1(C)N3)/C=c1\[nH]c3c(c1C)C(=O)[C@H](C(=O)OC)C=3C1NC(\C=2)[C@@H](C)[C@@H]1CCC(=O)OC/C=C(\C)CCC[C@H](C)CCC[C@H](C)CCCC(C)C. The first-order valence-electron chi connectivity index (χ1n) is 25.0. The molecule has 0 amide bonds. The maximum absolute atomic E-state index is 14.5. The van der Waals surface area contributed by atoms with E-state index in [1.807, 2.05) is 13.0 Å². The molecule has 4 aliphatic heterocycles. The molecule has 5 aliphatic rings. The molecule has 0 radical (unpaired) electrons. The van der Waals surface area contributed by atoms with E-state index in [1.165, 1.54) is 63.2 Å². The van der Waals surface area contributed by atoms with Crippen LogP contribution in [0.3, 0.4) is 0 Å². The van der Waals surface area contributed by atoms with E-state index in [9.17, 15) is 14.4 Å². The van der Waals surface area contributed by atoms with Crippen molar-refractivity contribution in [1.82, 2.24) is 25.9 Å². The molecule has 7 rings (SSSR count). The number of aromatic amines is 2. The van der Waals surface area contributed by atoms with Gasteiger partial charge in [0, 0.05) is 51.4 Å². The minimum Gasteiger partial charge on any atom is -0.468 e. The highest BCUT2D eigenvalue weighted by Crippen LogP contribution is 2.51. The minimum absolute atomic E-state index is 0.0300. The molecule has 8 bridgehead atoms. The van der Waals surface area contributed by atoms with Crippen molar-refractivity contribution in [2.24, 2.45) is 35.5 Å². The molecule has 0 aromatic carbocycles. The summed E-state index contributed by atoms with van der Waals surface area (Å²) in [4.78, 5) is 49.0. The first kappa shape index (κ1) is 48.5. The van der Waals surface area contributed by atoms with Crippen molar-refractivity contribution in [3.63, 3.8) is 0 Å². The molecular weight excluding hydrogens is 811 g/mol. The van der Waals surface area contributed by atoms with Crippen molar-refractivity contribution >= 4 is 47.6 Å². The highest BCUT2D eigenvalue weighted by Gasteiger charge is 2.69. The van der Waals surface area contributed by atoms with Crippen LogP contribution in [0.1, 0.15) is 159 Å². The van der Waals surface area contributed by atoms with Gasteiger partial charge >= 0.3 is 11.9 Å². The summed E-state index contributed by atoms with van der Waals surface area (Å²) in [5.41, 5.74) is 6.88. The van der Waals surface area contributed by atoms with Crippen molar-refractivity contribution in [2.75, 3.05) is 13.7 Å². The number of ketones is 1. The molecule has 2 aromatic rings. The zero-order chi connectivity index (χ0) is 47.0. The summed E-state index contributed by atoms with van der Waals surface area (Å²) in [6, 6.07) is -0.545. The van der Waals surface area contributed by atoms with Gasteiger partial charge in [-0.15, -0.1) is 0 Å². The van der Waals surface area contributed by atoms with Crippen molar-refractivity contribution in [2.45, 2.75) is 170 Å². The quantitative estimate of drug-likeness (QED) is 0.0400. The molecular formula is C55H79N5O5. The predicted molar refractivity (Wildman–Crippen MR) is 263 cm³/mol. The number of hydrogen-bond acceptors (Lipinski definition) is 8. The Labute approximate surface area is 388 Å². The van der Waals surface area contributed by atoms with Crippen LogP contribution >= 0.6 is 0 Å². The number of Topliss-reactive ketones (excluding diaryl/α,β-unsaturated/α-hetero) is 1. The second-order valence-corrected chi connectivity index (χ2v) is 21.1. The largest absolute Gasteiger partial charge is 0.468 e. The van der Waals surface area contributed by atoms with Crippen molar-refractivity contribution in [1.29, 1.82) is 0 Å². The van der Waals surface area contributed by atoms with E-state index < -0.39 is 23.6 Å². The summed E-state index contributed by atoms with van der Waals surface area (Å²) >= 11 is 0. The summed E-state index contributed by atoms with van der Waals surface area (Å²) in [6.45, 7) is 26.7. The normalized spacial score (nSPS) is 29.0. The van der Waals surface area contributed by atoms with Crippen LogP contribution in [0.25, 0.3) is 29.9 Å². The average molecular weight is 890 g/mol. The lowest BCUT2D eigenvalue weighted by Gasteiger charge is -2.25. The summed E-state index contributed by atoms with van der Waals surface area (Å²) in [5, 5.41) is 15.0. The van der Waals surface area contributed by atoms with Crippen LogP contribution in [0.5, 0.6) is 0 Å². The monoisotopic (exact) mass is 890 g/mol. The molecule has 2 saturated heterocycles. The van der Waals surface area contributed by atoms with Gasteiger partial charge in [0.1, 0.15) is 18.2 Å². The smallest absolute Gasteiger partial charge is 0.320 e. The van der Waals surface area contributed by atoms with Gasteiger partial charge in [-0.3, -0.25) is 19.7 Å². The Morgan fingerprint density at radius 2 is 1.63 bits per heavy atom. The molecule has 2 aromatic heterocycles. The Bertz CT molecular complexity index is 2490. The number of H-pyrrole nitrogens is 2. The van der Waals surface area contributed by atoms with Crippen molar-refractivity contribution < 1.29 is 23.9 Å². The molecule has 9 atom stereocenters. The second kappa shape index (κ2) is 19.8. The third-order valence-electron chi connectivity index (χ3n) is 16.1. The van der Waals surface area contributed by atoms with Crippen LogP contribution in [0.15, 0.2) is 29.5 Å². The number of methoxy groups -OCH3 is 1. The van der Waals surface area contributed by atoms with Gasteiger partial charge in [0.2, 0.25) is 0 Å². The number of hydrogen-bond donors (Lipinski definition) is 5. The van der Waals surface area contributed by atoms with Crippen LogP contribution in [0.2, 0.25) is 0 Å². The molecule has 0 saturated carbocycles. The average Bonchev–Trinajstić information content (AvgIpc) is 3.67. The molecule has 1 aliphatic carbocycles. The first-order chi connectivity index (χ1) is 31.0. The zero-order valence-corrected chi connectivity index (χ0v) is 41.4. The van der Waals surface area contributed by atoms with Gasteiger partial charge in [0.15, 0.2) is 5.78 Å². The van der Waals surface area contributed by atoms with Gasteiger partial charge in [-0.1, -0.05) is 105 Å². The Balaban J connectivity index is 1.09. The van der Waals surface area contributed by atoms with E-state index >= 15 is 0 Å². The lowest BCUT2D eigenvalue weighted by Crippen LogP contribution is -2.40. The number of nitrogens with one attached hydrogen (secondary N) is 5. The lowest BCUT2D eigenvalue weighted by molar-refractivity contribution is -0.143. The summed E-state index contributed by atoms with van der Waals surface area (Å²) in [7, 11) is 1.34. The van der Waals surface area contributed by atoms with Crippen LogP contribution in [0, 0.1) is 49.4 Å². The zero-order valence-electron chi connectivity index (χ0n) is 41.4. The maximum Gasteiger partial charge on any atom is 0.320 e. The maximum atomic E-state index is 14.5. The van der Waals surface area contributed by atoms with E-state index in [-0.39, 0.29) is 48.2 Å². The summed E-state index contributed by atoms with van der Waals surface area (Å²) in [6.07, 6.45) is 23.5. The third kappa shape index (κ3) is 9.59. The fourth-order valence-electron chi connectivity index (χ4n) is 11.9. The predicted octanol–water partition coefficient (Wildman–Crippen LogP) is 7.42. The van der Waals surface area contributed by atoms with Crippen LogP contribution in [-0.4, -0.2) is 64.7 Å². The van der Waals surface area contributed by atoms with E-state index in [2.05, 4.69) is 119 Å². The Kier molecular flexibility index (Phi) is 14.8. The van der Waals surface area contributed by atoms with Crippen LogP contribution < -0.4 is 37.3 Å². The number of ether oxygens (including phenoxy) is 2. The highest BCUT2D eigenvalue weighted by atomic mass is 16.5. The van der Waals surface area contributed by atoms with Gasteiger partial charge < -0.3 is 30.1 Å². The Morgan fingerprint density at radius 3 is 2.29 bits per heavy atom. The Hall–Kier alpha value is -4.41. The number of fused-ring (bicyclic) bond motifs is 7. The summed E-state index contributed by atoms with van der Waals surface area (Å²) < 4.78 is 11.2. The number of carbonyl (C=O) groups is 3. The van der Waals surface area contributed by atoms with Crippen molar-refractivity contribution in [3.8, 4) is 0 Å². The van der Waals surface area contributed by atoms with Gasteiger partial charge in [-0.2, -0.15) is 0 Å². The van der Waals surface area contributed by atoms with Gasteiger partial charge in [-0.05, 0) is 130 Å². The molecule has 5 N–H and O–H groups in total. The van der Waals surface area contributed by atoms with Gasteiger partial charge in [-0.25, -0.2) is 0 Å². The second-order valence-electron chi connectivity index (χ2n) is 21.1. The highest BCUT2D eigenvalue weighted by molar-refractivity contribution is 6.19. The van der Waals surface area contributed by atoms with E-state index in [4.69, 9.17) is 9.47 Å². The number of rotatable bonds is 20. The van der Waals surface area contributed by atoms with E-state index in [0.29, 0.717) is 22.9 Å². The molecule has 10 heteroatoms. The molecule has 1 spiro atoms.